The molecule has 8 nitrogen and oxygen atoms in total. The van der Waals surface area contributed by atoms with E-state index in [1.54, 1.807) is 48.8 Å². The number of hydrogen-bond donors (Lipinski definition) is 1. The van der Waals surface area contributed by atoms with Gasteiger partial charge in [0.15, 0.2) is 21.2 Å². The van der Waals surface area contributed by atoms with E-state index in [2.05, 4.69) is 15.2 Å². The Morgan fingerprint density at radius 1 is 1.21 bits per heavy atom. The van der Waals surface area contributed by atoms with Gasteiger partial charge in [-0.25, -0.2) is 8.42 Å². The Bertz CT molecular complexity index is 1190. The van der Waals surface area contributed by atoms with Gasteiger partial charge in [-0.2, -0.15) is 0 Å². The molecule has 4 rings (SSSR count). The lowest BCUT2D eigenvalue weighted by Crippen LogP contribution is -2.33. The molecule has 1 N–H and O–H groups in total. The van der Waals surface area contributed by atoms with Gasteiger partial charge in [0.25, 0.3) is 5.91 Å². The summed E-state index contributed by atoms with van der Waals surface area (Å²) < 4.78 is 37.9. The number of rotatable bonds is 9. The zero-order valence-corrected chi connectivity index (χ0v) is 20.4. The quantitative estimate of drug-likeness (QED) is 0.495. The largest absolute Gasteiger partial charge is 0.449 e. The third-order valence-electron chi connectivity index (χ3n) is 6.16. The summed E-state index contributed by atoms with van der Waals surface area (Å²) in [5.41, 5.74) is 1.36. The minimum absolute atomic E-state index is 0.0167. The van der Waals surface area contributed by atoms with Crippen LogP contribution in [-0.4, -0.2) is 62.8 Å². The lowest BCUT2D eigenvalue weighted by Gasteiger charge is -2.29. The summed E-state index contributed by atoms with van der Waals surface area (Å²) in [6.07, 6.45) is 6.12. The molecule has 1 aliphatic rings. The maximum Gasteiger partial charge on any atom is 0.287 e. The molecule has 1 amide bonds. The summed E-state index contributed by atoms with van der Waals surface area (Å²) in [6.45, 7) is 1.69. The van der Waals surface area contributed by atoms with Gasteiger partial charge < -0.3 is 19.4 Å². The van der Waals surface area contributed by atoms with Crippen molar-refractivity contribution in [2.45, 2.75) is 48.5 Å². The van der Waals surface area contributed by atoms with E-state index >= 15 is 0 Å². The summed E-state index contributed by atoms with van der Waals surface area (Å²) in [4.78, 5) is 18.8. The molecule has 2 unspecified atom stereocenters. The van der Waals surface area contributed by atoms with Crippen molar-refractivity contribution < 1.29 is 22.4 Å². The standard InChI is InChI=1S/C25H31N3O5S/c1-28(2)12-13-32-20-4-3-5-22(15-20)34(30,31)21-8-6-18(7-9-21)16-27-25(29)23-14-19-10-11-26-17-24(19)33-23/h6-11,14,17,20,22H,3-5,12-13,15-16H2,1-2H3,(H,27,29). The van der Waals surface area contributed by atoms with Crippen LogP contribution in [0.15, 0.2) is 58.1 Å². The van der Waals surface area contributed by atoms with E-state index < -0.39 is 15.1 Å². The second-order valence-corrected chi connectivity index (χ2v) is 11.2. The number of ether oxygens (including phenoxy) is 1. The number of sulfone groups is 1. The van der Waals surface area contributed by atoms with E-state index in [1.165, 1.54) is 0 Å². The van der Waals surface area contributed by atoms with Crippen LogP contribution in [0.4, 0.5) is 0 Å². The molecule has 1 aliphatic carbocycles. The smallest absolute Gasteiger partial charge is 0.287 e. The van der Waals surface area contributed by atoms with Crippen LogP contribution in [0.3, 0.4) is 0 Å². The third kappa shape index (κ3) is 5.84. The molecule has 1 fully saturated rings. The zero-order chi connectivity index (χ0) is 24.1. The minimum Gasteiger partial charge on any atom is -0.449 e. The molecule has 0 saturated heterocycles. The summed E-state index contributed by atoms with van der Waals surface area (Å²) in [5.74, 6) is -0.128. The molecular formula is C25H31N3O5S. The topological polar surface area (TPSA) is 102 Å². The Balaban J connectivity index is 1.34. The summed E-state index contributed by atoms with van der Waals surface area (Å²) in [7, 11) is 0.538. The van der Waals surface area contributed by atoms with Gasteiger partial charge in [-0.05, 0) is 69.6 Å². The molecule has 0 aliphatic heterocycles. The van der Waals surface area contributed by atoms with Crippen molar-refractivity contribution in [3.63, 3.8) is 0 Å². The number of nitrogens with one attached hydrogen (secondary N) is 1. The van der Waals surface area contributed by atoms with Crippen molar-refractivity contribution in [3.05, 3.63) is 60.1 Å². The Hall–Kier alpha value is -2.75. The van der Waals surface area contributed by atoms with Crippen LogP contribution in [0.5, 0.6) is 0 Å². The molecule has 2 aromatic heterocycles. The van der Waals surface area contributed by atoms with Crippen LogP contribution in [0.1, 0.15) is 41.8 Å². The van der Waals surface area contributed by atoms with Gasteiger partial charge in [-0.1, -0.05) is 12.1 Å². The number of hydrogen-bond acceptors (Lipinski definition) is 7. The zero-order valence-electron chi connectivity index (χ0n) is 19.6. The molecule has 3 aromatic rings. The monoisotopic (exact) mass is 485 g/mol. The molecular weight excluding hydrogens is 454 g/mol. The average molecular weight is 486 g/mol. The molecule has 34 heavy (non-hydrogen) atoms. The number of carbonyl (C=O) groups is 1. The molecule has 1 aromatic carbocycles. The minimum atomic E-state index is -3.44. The number of amides is 1. The van der Waals surface area contributed by atoms with Crippen LogP contribution in [0, 0.1) is 0 Å². The molecule has 0 spiro atoms. The fourth-order valence-electron chi connectivity index (χ4n) is 4.19. The molecule has 0 radical (unpaired) electrons. The molecule has 2 atom stereocenters. The molecule has 9 heteroatoms. The maximum absolute atomic E-state index is 13.2. The molecule has 1 saturated carbocycles. The highest BCUT2D eigenvalue weighted by Gasteiger charge is 2.33. The second-order valence-electron chi connectivity index (χ2n) is 8.98. The van der Waals surface area contributed by atoms with E-state index in [1.807, 2.05) is 14.1 Å². The predicted octanol–water partition coefficient (Wildman–Crippen LogP) is 3.42. The number of likely N-dealkylation sites (N-methyl/N-ethyl adjacent to an activating group) is 1. The Morgan fingerprint density at radius 2 is 2.00 bits per heavy atom. The fourth-order valence-corrected chi connectivity index (χ4v) is 6.04. The van der Waals surface area contributed by atoms with Gasteiger partial charge in [0.2, 0.25) is 0 Å². The normalized spacial score (nSPS) is 18.9. The van der Waals surface area contributed by atoms with Crippen LogP contribution in [0.25, 0.3) is 11.0 Å². The number of pyridine rings is 1. The lowest BCUT2D eigenvalue weighted by atomic mass is 9.97. The highest BCUT2D eigenvalue weighted by molar-refractivity contribution is 7.92. The number of aromatic nitrogens is 1. The third-order valence-corrected chi connectivity index (χ3v) is 8.40. The Labute approximate surface area is 200 Å². The van der Waals surface area contributed by atoms with Gasteiger partial charge in [0.1, 0.15) is 0 Å². The molecule has 0 bridgehead atoms. The average Bonchev–Trinajstić information content (AvgIpc) is 3.27. The van der Waals surface area contributed by atoms with Crippen molar-refractivity contribution in [1.82, 2.24) is 15.2 Å². The van der Waals surface area contributed by atoms with Gasteiger partial charge >= 0.3 is 0 Å². The van der Waals surface area contributed by atoms with E-state index in [0.717, 1.165) is 30.3 Å². The Morgan fingerprint density at radius 3 is 2.74 bits per heavy atom. The van der Waals surface area contributed by atoms with Crippen LogP contribution >= 0.6 is 0 Å². The van der Waals surface area contributed by atoms with Gasteiger partial charge in [-0.3, -0.25) is 9.78 Å². The number of furan rings is 1. The van der Waals surface area contributed by atoms with Crippen LogP contribution in [-0.2, 0) is 21.1 Å². The van der Waals surface area contributed by atoms with Crippen molar-refractivity contribution in [2.75, 3.05) is 27.2 Å². The lowest BCUT2D eigenvalue weighted by molar-refractivity contribution is 0.0223. The van der Waals surface area contributed by atoms with Gasteiger partial charge in [0, 0.05) is 24.7 Å². The van der Waals surface area contributed by atoms with E-state index in [-0.39, 0.29) is 24.3 Å². The van der Waals surface area contributed by atoms with Crippen molar-refractivity contribution in [1.29, 1.82) is 0 Å². The van der Waals surface area contributed by atoms with Crippen LogP contribution in [0.2, 0.25) is 0 Å². The highest BCUT2D eigenvalue weighted by Crippen LogP contribution is 2.30. The van der Waals surface area contributed by atoms with Crippen LogP contribution < -0.4 is 5.32 Å². The first-order chi connectivity index (χ1) is 16.3. The number of fused-ring (bicyclic) bond motifs is 1. The van der Waals surface area contributed by atoms with E-state index in [9.17, 15) is 13.2 Å². The maximum atomic E-state index is 13.2. The second kappa shape index (κ2) is 10.7. The van der Waals surface area contributed by atoms with E-state index in [0.29, 0.717) is 29.9 Å². The van der Waals surface area contributed by atoms with Crippen molar-refractivity contribution >= 4 is 26.7 Å². The fraction of sp³-hybridized carbons (Fsp3) is 0.440. The number of carbonyl (C=O) groups excluding carboxylic acids is 1. The highest BCUT2D eigenvalue weighted by atomic mass is 32.2. The first-order valence-electron chi connectivity index (χ1n) is 11.5. The van der Waals surface area contributed by atoms with Crippen molar-refractivity contribution in [2.24, 2.45) is 0 Å². The summed E-state index contributed by atoms with van der Waals surface area (Å²) >= 11 is 0. The van der Waals surface area contributed by atoms with E-state index in [4.69, 9.17) is 9.15 Å². The van der Waals surface area contributed by atoms with Crippen molar-refractivity contribution in [3.8, 4) is 0 Å². The summed E-state index contributed by atoms with van der Waals surface area (Å²) in [5, 5.41) is 3.18. The predicted molar refractivity (Wildman–Crippen MR) is 129 cm³/mol. The summed E-state index contributed by atoms with van der Waals surface area (Å²) in [6, 6.07) is 10.2. The van der Waals surface area contributed by atoms with Gasteiger partial charge in [0.05, 0.1) is 29.1 Å². The first-order valence-corrected chi connectivity index (χ1v) is 13.1. The first kappa shape index (κ1) is 24.4. The molecule has 182 valence electrons. The Kier molecular flexibility index (Phi) is 7.65. The number of benzene rings is 1. The SMILES string of the molecule is CN(C)CCOC1CCCC(S(=O)(=O)c2ccc(CNC(=O)c3cc4ccncc4o3)cc2)C1. The number of nitrogens with zero attached hydrogens (tertiary/aromatic N) is 2. The molecule has 2 heterocycles. The van der Waals surface area contributed by atoms with Gasteiger partial charge in [-0.15, -0.1) is 0 Å².